The molecule has 0 amide bonds. The van der Waals surface area contributed by atoms with Crippen LogP contribution in [0.2, 0.25) is 0 Å². The first-order chi connectivity index (χ1) is 12.0. The second-order valence-corrected chi connectivity index (χ2v) is 6.99. The van der Waals surface area contributed by atoms with Gasteiger partial charge in [-0.2, -0.15) is 10.1 Å². The van der Waals surface area contributed by atoms with E-state index in [9.17, 15) is 0 Å². The Hall–Kier alpha value is -2.47. The summed E-state index contributed by atoms with van der Waals surface area (Å²) in [4.78, 5) is 4.51. The molecule has 0 aliphatic heterocycles. The van der Waals surface area contributed by atoms with E-state index in [1.807, 2.05) is 43.3 Å². The SMILES string of the molecule is Cc1ccc(Nc2nncc(Nc3ccccc3C(C)C)n2)c(Br)c1. The van der Waals surface area contributed by atoms with Crippen LogP contribution in [-0.2, 0) is 0 Å². The van der Waals surface area contributed by atoms with E-state index in [0.29, 0.717) is 17.7 Å². The Balaban J connectivity index is 1.82. The van der Waals surface area contributed by atoms with Crippen LogP contribution in [0.25, 0.3) is 0 Å². The van der Waals surface area contributed by atoms with Crippen molar-refractivity contribution in [2.24, 2.45) is 0 Å². The number of rotatable bonds is 5. The van der Waals surface area contributed by atoms with Gasteiger partial charge in [-0.05, 0) is 58.1 Å². The first kappa shape index (κ1) is 17.4. The summed E-state index contributed by atoms with van der Waals surface area (Å²) >= 11 is 3.55. The van der Waals surface area contributed by atoms with Crippen molar-refractivity contribution >= 4 is 39.1 Å². The lowest BCUT2D eigenvalue weighted by Gasteiger charge is -2.14. The molecule has 1 heterocycles. The lowest BCUT2D eigenvalue weighted by Crippen LogP contribution is -2.04. The first-order valence-corrected chi connectivity index (χ1v) is 8.91. The number of nitrogens with one attached hydrogen (secondary N) is 2. The maximum absolute atomic E-state index is 4.51. The monoisotopic (exact) mass is 397 g/mol. The van der Waals surface area contributed by atoms with Gasteiger partial charge in [0.25, 0.3) is 0 Å². The van der Waals surface area contributed by atoms with Gasteiger partial charge in [0, 0.05) is 10.2 Å². The molecule has 0 spiro atoms. The van der Waals surface area contributed by atoms with E-state index in [1.165, 1.54) is 11.1 Å². The van der Waals surface area contributed by atoms with E-state index in [1.54, 1.807) is 6.20 Å². The minimum Gasteiger partial charge on any atom is -0.339 e. The number of hydrogen-bond donors (Lipinski definition) is 2. The van der Waals surface area contributed by atoms with Crippen LogP contribution in [0.1, 0.15) is 30.9 Å². The number of nitrogens with zero attached hydrogens (tertiary/aromatic N) is 3. The van der Waals surface area contributed by atoms with E-state index in [-0.39, 0.29) is 0 Å². The maximum atomic E-state index is 4.51. The first-order valence-electron chi connectivity index (χ1n) is 8.12. The van der Waals surface area contributed by atoms with E-state index in [4.69, 9.17) is 0 Å². The van der Waals surface area contributed by atoms with Gasteiger partial charge >= 0.3 is 0 Å². The van der Waals surface area contributed by atoms with Gasteiger partial charge in [0.05, 0.1) is 11.9 Å². The van der Waals surface area contributed by atoms with Gasteiger partial charge in [-0.1, -0.05) is 38.1 Å². The highest BCUT2D eigenvalue weighted by molar-refractivity contribution is 9.10. The second-order valence-electron chi connectivity index (χ2n) is 6.14. The quantitative estimate of drug-likeness (QED) is 0.590. The molecular formula is C19H20BrN5. The van der Waals surface area contributed by atoms with Gasteiger partial charge < -0.3 is 10.6 Å². The van der Waals surface area contributed by atoms with Crippen LogP contribution in [0.15, 0.2) is 53.1 Å². The summed E-state index contributed by atoms with van der Waals surface area (Å²) in [5.74, 6) is 1.50. The molecule has 0 atom stereocenters. The molecule has 0 fully saturated rings. The predicted molar refractivity (Wildman–Crippen MR) is 106 cm³/mol. The molecule has 2 N–H and O–H groups in total. The highest BCUT2D eigenvalue weighted by atomic mass is 79.9. The highest BCUT2D eigenvalue weighted by Gasteiger charge is 2.08. The summed E-state index contributed by atoms with van der Waals surface area (Å²) in [6.07, 6.45) is 1.62. The van der Waals surface area contributed by atoms with Crippen LogP contribution < -0.4 is 10.6 Å². The third-order valence-electron chi connectivity index (χ3n) is 3.78. The van der Waals surface area contributed by atoms with Crippen molar-refractivity contribution in [2.75, 3.05) is 10.6 Å². The number of para-hydroxylation sites is 1. The van der Waals surface area contributed by atoms with Crippen molar-refractivity contribution in [1.82, 2.24) is 15.2 Å². The summed E-state index contributed by atoms with van der Waals surface area (Å²) in [5.41, 5.74) is 4.33. The van der Waals surface area contributed by atoms with Crippen molar-refractivity contribution in [1.29, 1.82) is 0 Å². The predicted octanol–water partition coefficient (Wildman–Crippen LogP) is 5.55. The topological polar surface area (TPSA) is 62.7 Å². The van der Waals surface area contributed by atoms with Gasteiger partial charge in [0.15, 0.2) is 5.82 Å². The fraction of sp³-hybridized carbons (Fsp3) is 0.211. The molecule has 0 saturated carbocycles. The van der Waals surface area contributed by atoms with Crippen LogP contribution in [0.5, 0.6) is 0 Å². The van der Waals surface area contributed by atoms with Crippen LogP contribution in [0, 0.1) is 6.92 Å². The molecule has 0 bridgehead atoms. The van der Waals surface area contributed by atoms with E-state index in [0.717, 1.165) is 15.8 Å². The third-order valence-corrected chi connectivity index (χ3v) is 4.43. The fourth-order valence-electron chi connectivity index (χ4n) is 2.51. The van der Waals surface area contributed by atoms with Gasteiger partial charge in [0.2, 0.25) is 5.95 Å². The zero-order chi connectivity index (χ0) is 17.8. The van der Waals surface area contributed by atoms with E-state index in [2.05, 4.69) is 61.7 Å². The number of aromatic nitrogens is 3. The van der Waals surface area contributed by atoms with Crippen molar-refractivity contribution in [3.05, 3.63) is 64.3 Å². The Morgan fingerprint density at radius 2 is 1.80 bits per heavy atom. The molecule has 1 aromatic heterocycles. The van der Waals surface area contributed by atoms with E-state index >= 15 is 0 Å². The van der Waals surface area contributed by atoms with Gasteiger partial charge in [-0.3, -0.25) is 0 Å². The zero-order valence-electron chi connectivity index (χ0n) is 14.4. The van der Waals surface area contributed by atoms with Crippen molar-refractivity contribution < 1.29 is 0 Å². The lowest BCUT2D eigenvalue weighted by atomic mass is 10.0. The average molecular weight is 398 g/mol. The van der Waals surface area contributed by atoms with Gasteiger partial charge in [-0.15, -0.1) is 5.10 Å². The number of anilines is 4. The molecular weight excluding hydrogens is 378 g/mol. The summed E-state index contributed by atoms with van der Waals surface area (Å²) in [6, 6.07) is 14.3. The van der Waals surface area contributed by atoms with Gasteiger partial charge in [0.1, 0.15) is 0 Å². The van der Waals surface area contributed by atoms with E-state index < -0.39 is 0 Å². The van der Waals surface area contributed by atoms with Crippen molar-refractivity contribution in [3.63, 3.8) is 0 Å². The molecule has 3 rings (SSSR count). The molecule has 0 aliphatic carbocycles. The van der Waals surface area contributed by atoms with Crippen molar-refractivity contribution in [3.8, 4) is 0 Å². The molecule has 0 radical (unpaired) electrons. The Kier molecular flexibility index (Phi) is 5.28. The number of aryl methyl sites for hydroxylation is 1. The zero-order valence-corrected chi connectivity index (χ0v) is 16.0. The average Bonchev–Trinajstić information content (AvgIpc) is 2.58. The lowest BCUT2D eigenvalue weighted by molar-refractivity contribution is 0.868. The summed E-state index contributed by atoms with van der Waals surface area (Å²) in [7, 11) is 0. The minimum absolute atomic E-state index is 0.416. The minimum atomic E-state index is 0.416. The number of halogens is 1. The fourth-order valence-corrected chi connectivity index (χ4v) is 3.10. The van der Waals surface area contributed by atoms with Gasteiger partial charge in [-0.25, -0.2) is 0 Å². The Bertz CT molecular complexity index is 879. The largest absolute Gasteiger partial charge is 0.339 e. The molecule has 5 nitrogen and oxygen atoms in total. The number of hydrogen-bond acceptors (Lipinski definition) is 5. The van der Waals surface area contributed by atoms with Crippen LogP contribution >= 0.6 is 15.9 Å². The maximum Gasteiger partial charge on any atom is 0.249 e. The Morgan fingerprint density at radius 1 is 1.00 bits per heavy atom. The third kappa shape index (κ3) is 4.33. The molecule has 25 heavy (non-hydrogen) atoms. The molecule has 6 heteroatoms. The summed E-state index contributed by atoms with van der Waals surface area (Å²) < 4.78 is 0.958. The molecule has 0 saturated heterocycles. The smallest absolute Gasteiger partial charge is 0.249 e. The normalized spacial score (nSPS) is 10.8. The molecule has 0 aliphatic rings. The summed E-state index contributed by atoms with van der Waals surface area (Å²) in [5, 5.41) is 14.6. The van der Waals surface area contributed by atoms with Crippen molar-refractivity contribution in [2.45, 2.75) is 26.7 Å². The van der Waals surface area contributed by atoms with Crippen LogP contribution in [0.4, 0.5) is 23.1 Å². The highest BCUT2D eigenvalue weighted by Crippen LogP contribution is 2.28. The van der Waals surface area contributed by atoms with Crippen LogP contribution in [-0.4, -0.2) is 15.2 Å². The second kappa shape index (κ2) is 7.61. The Labute approximate surface area is 156 Å². The number of benzene rings is 2. The standard InChI is InChI=1S/C19H20BrN5/c1-12(2)14-6-4-5-7-16(14)22-18-11-21-25-19(24-18)23-17-9-8-13(3)10-15(17)20/h4-12H,1-3H3,(H2,22,23,24,25). The molecule has 2 aromatic carbocycles. The summed E-state index contributed by atoms with van der Waals surface area (Å²) in [6.45, 7) is 6.38. The molecule has 3 aromatic rings. The Morgan fingerprint density at radius 3 is 2.56 bits per heavy atom. The van der Waals surface area contributed by atoms with Crippen LogP contribution in [0.3, 0.4) is 0 Å². The molecule has 128 valence electrons. The molecule has 0 unspecified atom stereocenters.